The molecular formula is C82H62N2O12S2. The van der Waals surface area contributed by atoms with E-state index < -0.39 is 43.9 Å². The molecule has 2 N–H and O–H groups in total. The van der Waals surface area contributed by atoms with E-state index in [2.05, 4.69) is 0 Å². The van der Waals surface area contributed by atoms with Gasteiger partial charge in [-0.2, -0.15) is 16.8 Å². The minimum Gasteiger partial charge on any atom is -0.456 e. The van der Waals surface area contributed by atoms with Gasteiger partial charge in [-0.3, -0.25) is 28.3 Å². The van der Waals surface area contributed by atoms with Crippen molar-refractivity contribution in [2.24, 2.45) is 0 Å². The van der Waals surface area contributed by atoms with Gasteiger partial charge in [-0.05, 0) is 178 Å². The van der Waals surface area contributed by atoms with Gasteiger partial charge in [0.15, 0.2) is 0 Å². The summed E-state index contributed by atoms with van der Waals surface area (Å²) < 4.78 is 88.1. The van der Waals surface area contributed by atoms with Gasteiger partial charge in [0.1, 0.15) is 23.0 Å². The largest absolute Gasteiger partial charge is 0.456 e. The Kier molecular flexibility index (Phi) is 14.1. The van der Waals surface area contributed by atoms with Crippen molar-refractivity contribution in [1.29, 1.82) is 0 Å². The predicted molar refractivity (Wildman–Crippen MR) is 386 cm³/mol. The maximum absolute atomic E-state index is 15.8. The molecule has 484 valence electrons. The van der Waals surface area contributed by atoms with Crippen molar-refractivity contribution in [3.8, 4) is 45.3 Å². The number of para-hydroxylation sites is 2. The number of benzene rings is 14. The molecule has 14 aromatic carbocycles. The second-order valence-corrected chi connectivity index (χ2v) is 29.6. The number of nitrogens with zero attached hydrogens (tertiary/aromatic N) is 2. The first-order valence-electron chi connectivity index (χ1n) is 32.5. The summed E-state index contributed by atoms with van der Waals surface area (Å²) in [5, 5.41) is 7.83. The van der Waals surface area contributed by atoms with Crippen molar-refractivity contribution >= 4 is 131 Å². The number of carbonyl (C=O) groups excluding carboxylic acids is 4. The molecule has 0 spiro atoms. The van der Waals surface area contributed by atoms with Crippen LogP contribution in [0.25, 0.3) is 97.7 Å². The van der Waals surface area contributed by atoms with Gasteiger partial charge < -0.3 is 9.47 Å². The number of amides is 4. The smallest absolute Gasteiger partial charge is 0.294 e. The highest BCUT2D eigenvalue weighted by molar-refractivity contribution is 7.86. The lowest BCUT2D eigenvalue weighted by Crippen LogP contribution is -2.41. The third-order valence-corrected chi connectivity index (χ3v) is 21.4. The highest BCUT2D eigenvalue weighted by atomic mass is 32.2. The Balaban J connectivity index is 1.06. The highest BCUT2D eigenvalue weighted by Crippen LogP contribution is 2.57. The molecule has 2 aliphatic heterocycles. The molecule has 98 heavy (non-hydrogen) atoms. The van der Waals surface area contributed by atoms with Crippen LogP contribution in [0.1, 0.15) is 143 Å². The molecule has 0 saturated carbocycles. The van der Waals surface area contributed by atoms with Crippen molar-refractivity contribution in [2.45, 2.75) is 88.9 Å². The molecule has 0 saturated heterocycles. The lowest BCUT2D eigenvalue weighted by molar-refractivity contribution is 0.0877. The normalized spacial score (nSPS) is 13.8. The molecule has 2 aliphatic rings. The van der Waals surface area contributed by atoms with Gasteiger partial charge in [0.05, 0.1) is 21.2 Å². The first-order chi connectivity index (χ1) is 46.9. The number of anilines is 2. The predicted octanol–water partition coefficient (Wildman–Crippen LogP) is 20.1. The molecule has 2 heterocycles. The molecule has 0 aliphatic carbocycles. The summed E-state index contributed by atoms with van der Waals surface area (Å²) in [6.07, 6.45) is 0. The highest BCUT2D eigenvalue weighted by Gasteiger charge is 2.41. The van der Waals surface area contributed by atoms with Crippen molar-refractivity contribution < 1.29 is 54.6 Å². The Bertz CT molecular complexity index is 5750. The van der Waals surface area contributed by atoms with Crippen LogP contribution in [-0.4, -0.2) is 49.6 Å². The van der Waals surface area contributed by atoms with Gasteiger partial charge in [-0.1, -0.05) is 177 Å². The van der Waals surface area contributed by atoms with Crippen LogP contribution >= 0.6 is 0 Å². The minimum absolute atomic E-state index is 0.0487. The molecule has 16 rings (SSSR count). The van der Waals surface area contributed by atoms with E-state index >= 15 is 19.2 Å². The molecule has 0 aromatic heterocycles. The summed E-state index contributed by atoms with van der Waals surface area (Å²) in [4.78, 5) is 64.8. The fourth-order valence-corrected chi connectivity index (χ4v) is 16.3. The Morgan fingerprint density at radius 2 is 0.612 bits per heavy atom. The van der Waals surface area contributed by atoms with Crippen molar-refractivity contribution in [2.75, 3.05) is 9.80 Å². The lowest BCUT2D eigenvalue weighted by Gasteiger charge is -2.33. The van der Waals surface area contributed by atoms with Gasteiger partial charge in [-0.15, -0.1) is 0 Å². The lowest BCUT2D eigenvalue weighted by atomic mass is 9.80. The van der Waals surface area contributed by atoms with Gasteiger partial charge in [0.2, 0.25) is 0 Å². The number of carbonyl (C=O) groups is 4. The van der Waals surface area contributed by atoms with E-state index in [9.17, 15) is 25.9 Å². The zero-order valence-corrected chi connectivity index (χ0v) is 56.1. The van der Waals surface area contributed by atoms with Crippen LogP contribution in [0.2, 0.25) is 0 Å². The van der Waals surface area contributed by atoms with Crippen molar-refractivity contribution in [1.82, 2.24) is 0 Å². The van der Waals surface area contributed by atoms with E-state index in [0.29, 0.717) is 120 Å². The molecule has 14 aromatic rings. The van der Waals surface area contributed by atoms with Crippen LogP contribution in [0.5, 0.6) is 23.0 Å². The summed E-state index contributed by atoms with van der Waals surface area (Å²) in [7, 11) is -9.51. The minimum atomic E-state index is -4.76. The summed E-state index contributed by atoms with van der Waals surface area (Å²) in [6.45, 7) is 16.3. The number of ether oxygens (including phenoxy) is 2. The molecule has 0 radical (unpaired) electrons. The van der Waals surface area contributed by atoms with E-state index in [1.54, 1.807) is 72.8 Å². The zero-order valence-electron chi connectivity index (χ0n) is 54.5. The molecule has 4 amide bonds. The third-order valence-electron chi connectivity index (χ3n) is 19.7. The Morgan fingerprint density at radius 3 is 0.939 bits per heavy atom. The van der Waals surface area contributed by atoms with Crippen LogP contribution in [0, 0.1) is 0 Å². The Morgan fingerprint density at radius 1 is 0.296 bits per heavy atom. The topological polar surface area (TPSA) is 202 Å². The molecule has 0 bridgehead atoms. The first kappa shape index (κ1) is 62.0. The number of imide groups is 2. The van der Waals surface area contributed by atoms with Crippen molar-refractivity contribution in [3.63, 3.8) is 0 Å². The van der Waals surface area contributed by atoms with Crippen LogP contribution < -0.4 is 19.3 Å². The number of hydrogen-bond acceptors (Lipinski definition) is 10. The van der Waals surface area contributed by atoms with Gasteiger partial charge >= 0.3 is 0 Å². The van der Waals surface area contributed by atoms with Gasteiger partial charge in [-0.25, -0.2) is 9.80 Å². The average molecular weight is 1330 g/mol. The van der Waals surface area contributed by atoms with Crippen LogP contribution in [0.15, 0.2) is 204 Å². The van der Waals surface area contributed by atoms with Crippen molar-refractivity contribution in [3.05, 3.63) is 239 Å². The molecule has 14 nitrogen and oxygen atoms in total. The van der Waals surface area contributed by atoms with E-state index in [4.69, 9.17) is 9.47 Å². The Labute approximate surface area is 564 Å². The van der Waals surface area contributed by atoms with E-state index in [0.717, 1.165) is 22.3 Å². The van der Waals surface area contributed by atoms with Gasteiger partial charge in [0, 0.05) is 60.3 Å². The molecule has 0 fully saturated rings. The number of hydrogen-bond donors (Lipinski definition) is 2. The van der Waals surface area contributed by atoms with Crippen LogP contribution in [0.3, 0.4) is 0 Å². The molecule has 16 heteroatoms. The van der Waals surface area contributed by atoms with E-state index in [1.165, 1.54) is 46.2 Å². The van der Waals surface area contributed by atoms with Gasteiger partial charge in [0.25, 0.3) is 43.9 Å². The molecule has 0 atom stereocenters. The fraction of sp³-hybridized carbons (Fsp3) is 0.146. The number of rotatable bonds is 14. The molecular weight excluding hydrogens is 1270 g/mol. The van der Waals surface area contributed by atoms with Crippen LogP contribution in [0.4, 0.5) is 11.4 Å². The maximum atomic E-state index is 15.8. The monoisotopic (exact) mass is 1330 g/mol. The maximum Gasteiger partial charge on any atom is 0.294 e. The number of fused-ring (bicyclic) bond motifs is 4. The standard InChI is InChI=1S/C82H62N2O12S2/c1-41(2)49-21-15-22-50(42(3)4)77(49)83-79(85)57-31-27-53-63-39-67(95-65-35-25-47(97(89,90)91)37-61(65)45-17-11-9-12-18-45)74-55-29-33-59-72-60(82(88)84(81(59)87)78-51(43(5)6)23-16-24-52(78)44(7)8)34-30-56(70(55)72)75-68(40-64(73(63)76(74)75)54-28-32-58(80(83)86)71(57)69(53)54)96-66-36-26-48(98(92,93)94)38-62(66)46-19-13-10-14-20-46/h9-44H,1-8H3,(H,89,90,91)(H,92,93,94). The van der Waals surface area contributed by atoms with Crippen LogP contribution in [-0.2, 0) is 20.2 Å². The summed E-state index contributed by atoms with van der Waals surface area (Å²) >= 11 is 0. The quantitative estimate of drug-likeness (QED) is 0.0452. The first-order valence-corrected chi connectivity index (χ1v) is 35.4. The summed E-state index contributed by atoms with van der Waals surface area (Å²) in [5.41, 5.74) is 7.29. The summed E-state index contributed by atoms with van der Waals surface area (Å²) in [6, 6.07) is 56.2. The van der Waals surface area contributed by atoms with E-state index in [-0.39, 0.29) is 67.6 Å². The fourth-order valence-electron chi connectivity index (χ4n) is 15.3. The second kappa shape index (κ2) is 22.3. The molecule has 0 unspecified atom stereocenters. The second-order valence-electron chi connectivity index (χ2n) is 26.8. The SMILES string of the molecule is CC(C)c1cccc(C(C)C)c1N1C(=O)c2ccc3c4cc(Oc5ccc(S(=O)(=O)O)cc5-c5ccccc5)c5c6ccc7c8c(ccc(c9c(Oc%10ccc(S(=O)(=O)O)cc%10-c%10ccccc%10)cc(c%10ccc(c2c3%10)C1=O)c4c59)c86)C(=O)N(c1c(C(C)C)cccc1C(C)C)C7=O. The average Bonchev–Trinajstić information content (AvgIpc) is 0.672. The zero-order chi connectivity index (χ0) is 68.4. The summed E-state index contributed by atoms with van der Waals surface area (Å²) in [5.74, 6) is -1.46. The van der Waals surface area contributed by atoms with E-state index in [1.807, 2.05) is 140 Å². The Hall–Kier alpha value is -10.9. The third kappa shape index (κ3) is 9.25.